The van der Waals surface area contributed by atoms with Gasteiger partial charge in [-0.05, 0) is 29.2 Å². The van der Waals surface area contributed by atoms with Crippen molar-refractivity contribution in [2.24, 2.45) is 12.8 Å². The van der Waals surface area contributed by atoms with Crippen LogP contribution in [0.1, 0.15) is 12.0 Å². The molecule has 0 spiro atoms. The molecule has 0 bridgehead atoms. The van der Waals surface area contributed by atoms with Crippen LogP contribution < -0.4 is 5.73 Å². The quantitative estimate of drug-likeness (QED) is 0.573. The number of hydrogen-bond donors (Lipinski definition) is 1. The van der Waals surface area contributed by atoms with Gasteiger partial charge in [0, 0.05) is 49.2 Å². The molecule has 7 nitrogen and oxygen atoms in total. The largest absolute Gasteiger partial charge is 0.351 e. The molecule has 4 aromatic rings. The standard InChI is InChI=1S/C23H22N6O/c1-27-15-19(13-25-27)16-4-6-17(7-5-16)21-14-26-29-10-2-3-20(22(21)29)18-8-11-28(12-9-18)23(24)30/h2-8,10,13-15H,9,11-12H2,1H3,(H2,24,30). The maximum absolute atomic E-state index is 11.4. The summed E-state index contributed by atoms with van der Waals surface area (Å²) in [5.74, 6) is 0. The summed E-state index contributed by atoms with van der Waals surface area (Å²) in [5, 5.41) is 8.82. The van der Waals surface area contributed by atoms with E-state index in [0.29, 0.717) is 13.1 Å². The molecule has 1 aliphatic heterocycles. The first-order valence-corrected chi connectivity index (χ1v) is 9.90. The molecule has 2 N–H and O–H groups in total. The molecule has 3 aromatic heterocycles. The number of primary amides is 1. The van der Waals surface area contributed by atoms with Crippen molar-refractivity contribution in [2.45, 2.75) is 6.42 Å². The van der Waals surface area contributed by atoms with Gasteiger partial charge in [0.25, 0.3) is 0 Å². The molecule has 0 unspecified atom stereocenters. The maximum Gasteiger partial charge on any atom is 0.315 e. The number of nitrogens with two attached hydrogens (primary N) is 1. The van der Waals surface area contributed by atoms with Crippen LogP contribution in [0, 0.1) is 0 Å². The van der Waals surface area contributed by atoms with Gasteiger partial charge in [-0.3, -0.25) is 4.68 Å². The average Bonchev–Trinajstić information content (AvgIpc) is 3.40. The van der Waals surface area contributed by atoms with Gasteiger partial charge in [-0.15, -0.1) is 0 Å². The minimum atomic E-state index is -0.373. The van der Waals surface area contributed by atoms with Crippen molar-refractivity contribution >= 4 is 17.1 Å². The number of aryl methyl sites for hydroxylation is 1. The number of benzene rings is 1. The van der Waals surface area contributed by atoms with Gasteiger partial charge in [0.15, 0.2) is 0 Å². The SMILES string of the molecule is Cn1cc(-c2ccc(-c3cnn4cccc(C5=CCN(C(N)=O)CC5)c34)cc2)cn1. The fourth-order valence-electron chi connectivity index (χ4n) is 4.04. The number of pyridine rings is 1. The predicted octanol–water partition coefficient (Wildman–Crippen LogP) is 3.57. The smallest absolute Gasteiger partial charge is 0.315 e. The molecule has 1 aliphatic rings. The lowest BCUT2D eigenvalue weighted by atomic mass is 9.95. The molecule has 7 heteroatoms. The Labute approximate surface area is 174 Å². The maximum atomic E-state index is 11.4. The van der Waals surface area contributed by atoms with Crippen LogP contribution in [0.25, 0.3) is 33.3 Å². The Hall–Kier alpha value is -3.87. The second-order valence-electron chi connectivity index (χ2n) is 7.52. The number of hydrogen-bond acceptors (Lipinski definition) is 3. The van der Waals surface area contributed by atoms with Crippen LogP contribution in [-0.4, -0.2) is 43.4 Å². The first kappa shape index (κ1) is 18.2. The van der Waals surface area contributed by atoms with Crippen molar-refractivity contribution in [2.75, 3.05) is 13.1 Å². The lowest BCUT2D eigenvalue weighted by molar-refractivity contribution is 0.213. The van der Waals surface area contributed by atoms with Gasteiger partial charge in [0.1, 0.15) is 0 Å². The topological polar surface area (TPSA) is 81.5 Å². The summed E-state index contributed by atoms with van der Waals surface area (Å²) in [4.78, 5) is 13.1. The van der Waals surface area contributed by atoms with E-state index in [1.807, 2.05) is 42.4 Å². The second-order valence-corrected chi connectivity index (χ2v) is 7.52. The van der Waals surface area contributed by atoms with Gasteiger partial charge in [0.05, 0.1) is 17.9 Å². The fourth-order valence-corrected chi connectivity index (χ4v) is 4.04. The molecule has 0 radical (unpaired) electrons. The zero-order chi connectivity index (χ0) is 20.7. The summed E-state index contributed by atoms with van der Waals surface area (Å²) in [5.41, 5.74) is 13.3. The molecule has 0 saturated heterocycles. The van der Waals surface area contributed by atoms with Crippen LogP contribution in [-0.2, 0) is 7.05 Å². The summed E-state index contributed by atoms with van der Waals surface area (Å²) in [6.07, 6.45) is 10.6. The van der Waals surface area contributed by atoms with E-state index in [1.165, 1.54) is 5.57 Å². The molecule has 4 heterocycles. The van der Waals surface area contributed by atoms with E-state index < -0.39 is 0 Å². The van der Waals surface area contributed by atoms with Crippen molar-refractivity contribution in [1.29, 1.82) is 0 Å². The number of rotatable bonds is 3. The highest BCUT2D eigenvalue weighted by Gasteiger charge is 2.19. The molecule has 150 valence electrons. The monoisotopic (exact) mass is 398 g/mol. The van der Waals surface area contributed by atoms with E-state index in [9.17, 15) is 4.79 Å². The average molecular weight is 398 g/mol. The number of nitrogens with zero attached hydrogens (tertiary/aromatic N) is 5. The van der Waals surface area contributed by atoms with Crippen molar-refractivity contribution in [3.63, 3.8) is 0 Å². The normalized spacial score (nSPS) is 14.2. The third kappa shape index (κ3) is 3.14. The molecule has 0 atom stereocenters. The van der Waals surface area contributed by atoms with Gasteiger partial charge in [-0.25, -0.2) is 9.31 Å². The first-order valence-electron chi connectivity index (χ1n) is 9.90. The van der Waals surface area contributed by atoms with E-state index in [2.05, 4.69) is 46.6 Å². The highest BCUT2D eigenvalue weighted by molar-refractivity contribution is 5.91. The van der Waals surface area contributed by atoms with Crippen molar-refractivity contribution in [1.82, 2.24) is 24.3 Å². The minimum absolute atomic E-state index is 0.373. The summed E-state index contributed by atoms with van der Waals surface area (Å²) >= 11 is 0. The van der Waals surface area contributed by atoms with E-state index in [-0.39, 0.29) is 6.03 Å². The van der Waals surface area contributed by atoms with Crippen LogP contribution in [0.4, 0.5) is 4.79 Å². The number of carbonyl (C=O) groups is 1. The highest BCUT2D eigenvalue weighted by atomic mass is 16.2. The third-order valence-electron chi connectivity index (χ3n) is 5.64. The van der Waals surface area contributed by atoms with E-state index in [0.717, 1.165) is 39.8 Å². The van der Waals surface area contributed by atoms with Gasteiger partial charge < -0.3 is 10.6 Å². The Balaban J connectivity index is 1.54. The Morgan fingerprint density at radius 2 is 1.80 bits per heavy atom. The summed E-state index contributed by atoms with van der Waals surface area (Å²) in [6, 6.07) is 12.2. The minimum Gasteiger partial charge on any atom is -0.351 e. The molecule has 5 rings (SSSR count). The summed E-state index contributed by atoms with van der Waals surface area (Å²) in [7, 11) is 1.92. The molecule has 2 amide bonds. The highest BCUT2D eigenvalue weighted by Crippen LogP contribution is 2.33. The van der Waals surface area contributed by atoms with Crippen LogP contribution >= 0.6 is 0 Å². The van der Waals surface area contributed by atoms with Crippen LogP contribution in [0.2, 0.25) is 0 Å². The molecular weight excluding hydrogens is 376 g/mol. The number of amides is 2. The van der Waals surface area contributed by atoms with E-state index in [4.69, 9.17) is 5.73 Å². The van der Waals surface area contributed by atoms with E-state index in [1.54, 1.807) is 9.58 Å². The van der Waals surface area contributed by atoms with Crippen LogP contribution in [0.5, 0.6) is 0 Å². The molecule has 1 aromatic carbocycles. The lowest BCUT2D eigenvalue weighted by Crippen LogP contribution is -2.38. The van der Waals surface area contributed by atoms with Gasteiger partial charge >= 0.3 is 6.03 Å². The fraction of sp³-hybridized carbons (Fsp3) is 0.174. The Morgan fingerprint density at radius 3 is 2.47 bits per heavy atom. The molecule has 30 heavy (non-hydrogen) atoms. The Bertz CT molecular complexity index is 1260. The third-order valence-corrected chi connectivity index (χ3v) is 5.64. The molecule has 0 aliphatic carbocycles. The van der Waals surface area contributed by atoms with Crippen molar-refractivity contribution in [3.05, 3.63) is 72.8 Å². The number of urea groups is 1. The van der Waals surface area contributed by atoms with Gasteiger partial charge in [0.2, 0.25) is 0 Å². The van der Waals surface area contributed by atoms with Gasteiger partial charge in [-0.2, -0.15) is 10.2 Å². The molecular formula is C23H22N6O. The number of carbonyl (C=O) groups excluding carboxylic acids is 1. The molecule has 0 saturated carbocycles. The Morgan fingerprint density at radius 1 is 1.00 bits per heavy atom. The molecule has 0 fully saturated rings. The van der Waals surface area contributed by atoms with Crippen molar-refractivity contribution < 1.29 is 4.79 Å². The number of aromatic nitrogens is 4. The zero-order valence-electron chi connectivity index (χ0n) is 16.7. The second kappa shape index (κ2) is 7.18. The summed E-state index contributed by atoms with van der Waals surface area (Å²) in [6.45, 7) is 1.17. The van der Waals surface area contributed by atoms with Crippen LogP contribution in [0.3, 0.4) is 0 Å². The number of fused-ring (bicyclic) bond motifs is 1. The Kier molecular flexibility index (Phi) is 4.35. The van der Waals surface area contributed by atoms with E-state index >= 15 is 0 Å². The van der Waals surface area contributed by atoms with Crippen LogP contribution in [0.15, 0.2) is 67.3 Å². The zero-order valence-corrected chi connectivity index (χ0v) is 16.7. The first-order chi connectivity index (χ1) is 14.6. The summed E-state index contributed by atoms with van der Waals surface area (Å²) < 4.78 is 3.72. The lowest BCUT2D eigenvalue weighted by Gasteiger charge is -2.25. The van der Waals surface area contributed by atoms with Crippen molar-refractivity contribution in [3.8, 4) is 22.3 Å². The predicted molar refractivity (Wildman–Crippen MR) is 117 cm³/mol. The van der Waals surface area contributed by atoms with Gasteiger partial charge in [-0.1, -0.05) is 36.4 Å².